The van der Waals surface area contributed by atoms with Gasteiger partial charge in [0, 0.05) is 25.9 Å². The van der Waals surface area contributed by atoms with Crippen molar-refractivity contribution in [2.75, 3.05) is 26.3 Å². The molecule has 1 aromatic heterocycles. The first-order valence-corrected chi connectivity index (χ1v) is 9.41. The fraction of sp³-hybridized carbons (Fsp3) is 0.833. The van der Waals surface area contributed by atoms with Crippen LogP contribution >= 0.6 is 0 Å². The number of likely N-dealkylation sites (tertiary alicyclic amines) is 1. The van der Waals surface area contributed by atoms with Gasteiger partial charge in [0.25, 0.3) is 0 Å². The Morgan fingerprint density at radius 3 is 2.41 bits per heavy atom. The monoisotopic (exact) mass is 382 g/mol. The van der Waals surface area contributed by atoms with E-state index in [4.69, 9.17) is 18.7 Å². The highest BCUT2D eigenvalue weighted by Gasteiger charge is 2.40. The van der Waals surface area contributed by atoms with Crippen LogP contribution in [0.1, 0.15) is 59.2 Å². The molecule has 0 radical (unpaired) electrons. The van der Waals surface area contributed by atoms with E-state index in [1.807, 2.05) is 34.6 Å². The summed E-state index contributed by atoms with van der Waals surface area (Å²) in [6.07, 6.45) is 1.15. The van der Waals surface area contributed by atoms with E-state index in [-0.39, 0.29) is 0 Å². The summed E-state index contributed by atoms with van der Waals surface area (Å²) in [4.78, 5) is 18.7. The highest BCUT2D eigenvalue weighted by molar-refractivity contribution is 5.68. The molecule has 9 heteroatoms. The van der Waals surface area contributed by atoms with Crippen molar-refractivity contribution in [3.8, 4) is 0 Å². The number of rotatable bonds is 4. The minimum atomic E-state index is -0.804. The van der Waals surface area contributed by atoms with Gasteiger partial charge in [-0.2, -0.15) is 4.98 Å². The normalized spacial score (nSPS) is 20.8. The summed E-state index contributed by atoms with van der Waals surface area (Å²) >= 11 is 0. The van der Waals surface area contributed by atoms with Gasteiger partial charge in [-0.1, -0.05) is 5.16 Å². The van der Waals surface area contributed by atoms with Gasteiger partial charge in [0.15, 0.2) is 11.6 Å². The van der Waals surface area contributed by atoms with Crippen molar-refractivity contribution in [2.45, 2.75) is 70.9 Å². The Labute approximate surface area is 159 Å². The van der Waals surface area contributed by atoms with Crippen LogP contribution in [0.3, 0.4) is 0 Å². The van der Waals surface area contributed by atoms with Crippen LogP contribution < -0.4 is 5.32 Å². The van der Waals surface area contributed by atoms with Crippen LogP contribution in [0, 0.1) is 0 Å². The van der Waals surface area contributed by atoms with Gasteiger partial charge in [0.2, 0.25) is 5.89 Å². The zero-order valence-electron chi connectivity index (χ0n) is 16.8. The molecule has 0 unspecified atom stereocenters. The molecule has 27 heavy (non-hydrogen) atoms. The highest BCUT2D eigenvalue weighted by Crippen LogP contribution is 2.31. The van der Waals surface area contributed by atoms with Gasteiger partial charge in [-0.05, 0) is 34.6 Å². The molecule has 0 saturated carbocycles. The van der Waals surface area contributed by atoms with Gasteiger partial charge in [-0.3, -0.25) is 4.90 Å². The van der Waals surface area contributed by atoms with E-state index in [0.29, 0.717) is 31.5 Å². The Balaban J connectivity index is 1.54. The summed E-state index contributed by atoms with van der Waals surface area (Å²) in [5.74, 6) is 0.545. The van der Waals surface area contributed by atoms with Crippen molar-refractivity contribution in [3.63, 3.8) is 0 Å². The quantitative estimate of drug-likeness (QED) is 0.846. The van der Waals surface area contributed by atoms with Crippen LogP contribution in [0.25, 0.3) is 0 Å². The Hall–Kier alpha value is -1.71. The van der Waals surface area contributed by atoms with Gasteiger partial charge in [0.05, 0.1) is 19.8 Å². The zero-order chi connectivity index (χ0) is 19.7. The smallest absolute Gasteiger partial charge is 0.408 e. The maximum atomic E-state index is 12.0. The second-order valence-corrected chi connectivity index (χ2v) is 8.65. The lowest BCUT2D eigenvalue weighted by molar-refractivity contribution is -0.186. The molecule has 9 nitrogen and oxygen atoms in total. The van der Waals surface area contributed by atoms with Crippen LogP contribution in [0.2, 0.25) is 0 Å². The first-order valence-electron chi connectivity index (χ1n) is 9.41. The second kappa shape index (κ2) is 7.37. The van der Waals surface area contributed by atoms with Gasteiger partial charge >= 0.3 is 6.09 Å². The van der Waals surface area contributed by atoms with E-state index in [1.54, 1.807) is 0 Å². The summed E-state index contributed by atoms with van der Waals surface area (Å²) < 4.78 is 22.2. The molecule has 2 aliphatic rings. The number of nitrogens with zero attached hydrogens (tertiary/aromatic N) is 3. The topological polar surface area (TPSA) is 99.0 Å². The van der Waals surface area contributed by atoms with Crippen molar-refractivity contribution in [2.24, 2.45) is 0 Å². The summed E-state index contributed by atoms with van der Waals surface area (Å²) in [5, 5.41) is 6.83. The van der Waals surface area contributed by atoms with E-state index >= 15 is 0 Å². The van der Waals surface area contributed by atoms with Crippen LogP contribution in [0.15, 0.2) is 4.52 Å². The van der Waals surface area contributed by atoms with Crippen molar-refractivity contribution >= 4 is 6.09 Å². The molecule has 1 spiro atoms. The Bertz CT molecular complexity index is 651. The van der Waals surface area contributed by atoms with Crippen LogP contribution in [0.5, 0.6) is 0 Å². The molecule has 0 aliphatic carbocycles. The fourth-order valence-corrected chi connectivity index (χ4v) is 3.22. The lowest BCUT2D eigenvalue weighted by atomic mass is 10.0. The van der Waals surface area contributed by atoms with Crippen molar-refractivity contribution < 1.29 is 23.5 Å². The number of aromatic nitrogens is 2. The molecule has 2 aliphatic heterocycles. The predicted molar refractivity (Wildman–Crippen MR) is 95.8 cm³/mol. The van der Waals surface area contributed by atoms with E-state index in [9.17, 15) is 4.79 Å². The maximum Gasteiger partial charge on any atom is 0.408 e. The number of carbonyl (C=O) groups excluding carboxylic acids is 1. The maximum absolute atomic E-state index is 12.0. The average Bonchev–Trinajstić information content (AvgIpc) is 3.17. The predicted octanol–water partition coefficient (Wildman–Crippen LogP) is 2.17. The van der Waals surface area contributed by atoms with Crippen LogP contribution in [0.4, 0.5) is 4.79 Å². The molecule has 0 atom stereocenters. The van der Waals surface area contributed by atoms with Crippen molar-refractivity contribution in [1.82, 2.24) is 20.4 Å². The lowest BCUT2D eigenvalue weighted by Crippen LogP contribution is -2.45. The average molecular weight is 382 g/mol. The fourth-order valence-electron chi connectivity index (χ4n) is 3.22. The molecule has 3 rings (SSSR count). The molecule has 1 N–H and O–H groups in total. The molecule has 3 heterocycles. The van der Waals surface area contributed by atoms with E-state index in [1.165, 1.54) is 0 Å². The summed E-state index contributed by atoms with van der Waals surface area (Å²) in [7, 11) is 0. The van der Waals surface area contributed by atoms with Crippen molar-refractivity contribution in [3.05, 3.63) is 11.7 Å². The SMILES string of the molecule is CC(C)(C)OC(=O)NC(C)(C)c1noc(CN2CCC3(CC2)OCCO3)n1. The van der Waals surface area contributed by atoms with Crippen LogP contribution in [-0.2, 0) is 26.3 Å². The summed E-state index contributed by atoms with van der Waals surface area (Å²) in [6, 6.07) is 0. The third-order valence-electron chi connectivity index (χ3n) is 4.63. The molecule has 1 amide bonds. The van der Waals surface area contributed by atoms with Crippen molar-refractivity contribution in [1.29, 1.82) is 0 Å². The first kappa shape index (κ1) is 20.0. The molecular formula is C18H30N4O5. The summed E-state index contributed by atoms with van der Waals surface area (Å²) in [5.41, 5.74) is -1.37. The molecule has 0 bridgehead atoms. The Kier molecular flexibility index (Phi) is 5.47. The third kappa shape index (κ3) is 5.18. The van der Waals surface area contributed by atoms with Gasteiger partial charge in [-0.25, -0.2) is 4.79 Å². The largest absolute Gasteiger partial charge is 0.444 e. The standard InChI is InChI=1S/C18H30N4O5/c1-16(2,3)26-15(23)20-17(4,5)14-19-13(27-21-14)12-22-8-6-18(7-9-22)24-10-11-25-18/h6-12H2,1-5H3,(H,20,23). The van der Waals surface area contributed by atoms with E-state index in [0.717, 1.165) is 25.9 Å². The van der Waals surface area contributed by atoms with Gasteiger partial charge < -0.3 is 24.1 Å². The van der Waals surface area contributed by atoms with Gasteiger partial charge in [-0.15, -0.1) is 0 Å². The van der Waals surface area contributed by atoms with E-state index in [2.05, 4.69) is 20.4 Å². The van der Waals surface area contributed by atoms with E-state index < -0.39 is 23.0 Å². The Morgan fingerprint density at radius 2 is 1.81 bits per heavy atom. The minimum Gasteiger partial charge on any atom is -0.444 e. The second-order valence-electron chi connectivity index (χ2n) is 8.65. The molecule has 1 aromatic rings. The van der Waals surface area contributed by atoms with Crippen LogP contribution in [-0.4, -0.2) is 58.8 Å². The number of alkyl carbamates (subject to hydrolysis) is 1. The highest BCUT2D eigenvalue weighted by atomic mass is 16.7. The number of carbonyl (C=O) groups is 1. The molecule has 2 fully saturated rings. The van der Waals surface area contributed by atoms with Gasteiger partial charge in [0.1, 0.15) is 11.1 Å². The molecular weight excluding hydrogens is 352 g/mol. The number of nitrogens with one attached hydrogen (secondary N) is 1. The lowest BCUT2D eigenvalue weighted by Gasteiger charge is -2.36. The number of amides is 1. The summed E-state index contributed by atoms with van der Waals surface area (Å²) in [6.45, 7) is 12.7. The zero-order valence-corrected chi connectivity index (χ0v) is 16.8. The number of piperidine rings is 1. The third-order valence-corrected chi connectivity index (χ3v) is 4.63. The number of hydrogen-bond acceptors (Lipinski definition) is 8. The molecule has 2 saturated heterocycles. The number of ether oxygens (including phenoxy) is 3. The minimum absolute atomic E-state index is 0.393. The first-order chi connectivity index (χ1) is 12.6. The molecule has 0 aromatic carbocycles. The number of hydrogen-bond donors (Lipinski definition) is 1. The Morgan fingerprint density at radius 1 is 1.19 bits per heavy atom. The molecule has 152 valence electrons.